The molecular weight excluding hydrogens is 274 g/mol. The molecule has 3 rings (SSSR count). The zero-order valence-electron chi connectivity index (χ0n) is 13.1. The van der Waals surface area contributed by atoms with Gasteiger partial charge < -0.3 is 0 Å². The maximum absolute atomic E-state index is 2.40. The van der Waals surface area contributed by atoms with Gasteiger partial charge in [-0.1, -0.05) is 32.0 Å². The Balaban J connectivity index is 2.38. The summed E-state index contributed by atoms with van der Waals surface area (Å²) >= 11 is 1.86. The minimum absolute atomic E-state index is 0.451. The van der Waals surface area contributed by atoms with Crippen molar-refractivity contribution in [3.63, 3.8) is 0 Å². The third-order valence-corrected chi connectivity index (χ3v) is 4.91. The first kappa shape index (κ1) is 14.3. The lowest BCUT2D eigenvalue weighted by Crippen LogP contribution is -2.38. The molecule has 108 valence electrons. The molecule has 0 aliphatic carbocycles. The highest BCUT2D eigenvalue weighted by Crippen LogP contribution is 2.36. The molecule has 2 heteroatoms. The van der Waals surface area contributed by atoms with Crippen LogP contribution in [-0.4, -0.2) is 0 Å². The maximum atomic E-state index is 2.40. The Morgan fingerprint density at radius 3 is 2.43 bits per heavy atom. The SMILES string of the molecule is CC(C)c1ccsc1-c1c2ccccc2cc[n+]1C(C)C. The van der Waals surface area contributed by atoms with E-state index in [1.165, 1.54) is 26.9 Å². The molecule has 0 aliphatic rings. The van der Waals surface area contributed by atoms with E-state index in [1.807, 2.05) is 11.3 Å². The van der Waals surface area contributed by atoms with Gasteiger partial charge in [0, 0.05) is 6.07 Å². The van der Waals surface area contributed by atoms with Gasteiger partial charge >= 0.3 is 0 Å². The van der Waals surface area contributed by atoms with E-state index in [4.69, 9.17) is 0 Å². The summed E-state index contributed by atoms with van der Waals surface area (Å²) in [5.74, 6) is 0.547. The zero-order chi connectivity index (χ0) is 15.0. The highest BCUT2D eigenvalue weighted by atomic mass is 32.1. The number of aromatic nitrogens is 1. The third kappa shape index (κ3) is 2.49. The molecule has 0 bridgehead atoms. The Labute approximate surface area is 130 Å². The number of hydrogen-bond donors (Lipinski definition) is 0. The second kappa shape index (κ2) is 5.61. The number of benzene rings is 1. The van der Waals surface area contributed by atoms with Gasteiger partial charge in [-0.2, -0.15) is 4.57 Å². The Bertz CT molecular complexity index is 768. The van der Waals surface area contributed by atoms with Crippen molar-refractivity contribution in [1.82, 2.24) is 0 Å². The van der Waals surface area contributed by atoms with Gasteiger partial charge in [0.1, 0.15) is 4.88 Å². The predicted molar refractivity (Wildman–Crippen MR) is 91.9 cm³/mol. The molecule has 2 heterocycles. The average Bonchev–Trinajstić information content (AvgIpc) is 2.95. The van der Waals surface area contributed by atoms with Gasteiger partial charge in [0.05, 0.1) is 5.39 Å². The minimum atomic E-state index is 0.451. The summed E-state index contributed by atoms with van der Waals surface area (Å²) in [5.41, 5.74) is 2.81. The van der Waals surface area contributed by atoms with Crippen LogP contribution in [0, 0.1) is 0 Å². The number of rotatable bonds is 3. The first-order valence-corrected chi connectivity index (χ1v) is 8.48. The Hall–Kier alpha value is -1.67. The quantitative estimate of drug-likeness (QED) is 0.557. The topological polar surface area (TPSA) is 3.88 Å². The molecule has 0 amide bonds. The van der Waals surface area contributed by atoms with E-state index in [-0.39, 0.29) is 0 Å². The van der Waals surface area contributed by atoms with E-state index in [1.54, 1.807) is 0 Å². The van der Waals surface area contributed by atoms with Crippen LogP contribution in [0.25, 0.3) is 21.3 Å². The van der Waals surface area contributed by atoms with Crippen molar-refractivity contribution >= 4 is 22.1 Å². The highest BCUT2D eigenvalue weighted by Gasteiger charge is 2.24. The van der Waals surface area contributed by atoms with E-state index in [0.717, 1.165) is 0 Å². The van der Waals surface area contributed by atoms with Crippen LogP contribution in [0.4, 0.5) is 0 Å². The summed E-state index contributed by atoms with van der Waals surface area (Å²) in [6.45, 7) is 9.05. The van der Waals surface area contributed by atoms with Gasteiger partial charge in [0.25, 0.3) is 0 Å². The summed E-state index contributed by atoms with van der Waals surface area (Å²) < 4.78 is 2.40. The predicted octanol–water partition coefficient (Wildman–Crippen LogP) is 5.56. The monoisotopic (exact) mass is 296 g/mol. The van der Waals surface area contributed by atoms with E-state index >= 15 is 0 Å². The van der Waals surface area contributed by atoms with Crippen LogP contribution in [0.5, 0.6) is 0 Å². The molecule has 0 atom stereocenters. The lowest BCUT2D eigenvalue weighted by Gasteiger charge is -2.12. The Morgan fingerprint density at radius 2 is 1.71 bits per heavy atom. The van der Waals surface area contributed by atoms with Crippen LogP contribution in [0.1, 0.15) is 45.2 Å². The first-order valence-electron chi connectivity index (χ1n) is 7.60. The standard InChI is InChI=1S/C19H22NS/c1-13(2)16-10-12-21-19(16)18-17-8-6-5-7-15(17)9-11-20(18)14(3)4/h5-14H,1-4H3/q+1. The number of thiophene rings is 1. The Morgan fingerprint density at radius 1 is 0.952 bits per heavy atom. The number of nitrogens with zero attached hydrogens (tertiary/aromatic N) is 1. The maximum Gasteiger partial charge on any atom is 0.230 e. The van der Waals surface area contributed by atoms with Gasteiger partial charge in [0.15, 0.2) is 12.2 Å². The van der Waals surface area contributed by atoms with E-state index < -0.39 is 0 Å². The van der Waals surface area contributed by atoms with Gasteiger partial charge in [-0.25, -0.2) is 0 Å². The van der Waals surface area contributed by atoms with Crippen molar-refractivity contribution in [3.05, 3.63) is 53.5 Å². The summed E-state index contributed by atoms with van der Waals surface area (Å²) in [5, 5.41) is 4.88. The van der Waals surface area contributed by atoms with Crippen LogP contribution < -0.4 is 4.57 Å². The summed E-state index contributed by atoms with van der Waals surface area (Å²) in [4.78, 5) is 1.41. The molecule has 1 nitrogen and oxygen atoms in total. The molecule has 2 aromatic heterocycles. The Kier molecular flexibility index (Phi) is 3.81. The molecule has 0 aliphatic heterocycles. The number of fused-ring (bicyclic) bond motifs is 1. The fourth-order valence-electron chi connectivity index (χ4n) is 2.87. The van der Waals surface area contributed by atoms with E-state index in [0.29, 0.717) is 12.0 Å². The molecule has 21 heavy (non-hydrogen) atoms. The van der Waals surface area contributed by atoms with Gasteiger partial charge in [-0.3, -0.25) is 0 Å². The summed E-state index contributed by atoms with van der Waals surface area (Å²) in [6.07, 6.45) is 2.23. The van der Waals surface area contributed by atoms with Crippen molar-refractivity contribution in [2.24, 2.45) is 0 Å². The molecule has 0 N–H and O–H groups in total. The number of hydrogen-bond acceptors (Lipinski definition) is 1. The first-order chi connectivity index (χ1) is 10.1. The van der Waals surface area contributed by atoms with Crippen LogP contribution in [0.3, 0.4) is 0 Å². The molecule has 1 aromatic carbocycles. The van der Waals surface area contributed by atoms with Gasteiger partial charge in [-0.15, -0.1) is 11.3 Å². The van der Waals surface area contributed by atoms with Crippen molar-refractivity contribution in [3.8, 4) is 10.6 Å². The van der Waals surface area contributed by atoms with Crippen LogP contribution in [-0.2, 0) is 0 Å². The molecule has 3 aromatic rings. The fourth-order valence-corrected chi connectivity index (χ4v) is 3.99. The third-order valence-electron chi connectivity index (χ3n) is 3.98. The minimum Gasteiger partial charge on any atom is -0.195 e. The molecule has 0 saturated carbocycles. The average molecular weight is 296 g/mol. The van der Waals surface area contributed by atoms with Crippen molar-refractivity contribution < 1.29 is 4.57 Å². The molecule has 0 saturated heterocycles. The van der Waals surface area contributed by atoms with Crippen LogP contribution in [0.15, 0.2) is 48.0 Å². The van der Waals surface area contributed by atoms with Crippen LogP contribution >= 0.6 is 11.3 Å². The van der Waals surface area contributed by atoms with Gasteiger partial charge in [0.2, 0.25) is 5.69 Å². The summed E-state index contributed by atoms with van der Waals surface area (Å²) in [7, 11) is 0. The van der Waals surface area contributed by atoms with Crippen molar-refractivity contribution in [1.29, 1.82) is 0 Å². The zero-order valence-corrected chi connectivity index (χ0v) is 13.9. The normalized spacial score (nSPS) is 11.7. The summed E-state index contributed by atoms with van der Waals surface area (Å²) in [6, 6.07) is 13.6. The molecule has 0 radical (unpaired) electrons. The lowest BCUT2D eigenvalue weighted by molar-refractivity contribution is -0.704. The van der Waals surface area contributed by atoms with Crippen LogP contribution in [0.2, 0.25) is 0 Å². The second-order valence-electron chi connectivity index (χ2n) is 6.11. The van der Waals surface area contributed by atoms with Gasteiger partial charge in [-0.05, 0) is 48.2 Å². The largest absolute Gasteiger partial charge is 0.230 e. The highest BCUT2D eigenvalue weighted by molar-refractivity contribution is 7.13. The molecular formula is C19H22NS+. The number of pyridine rings is 1. The fraction of sp³-hybridized carbons (Fsp3) is 0.316. The molecule has 0 unspecified atom stereocenters. The lowest BCUT2D eigenvalue weighted by atomic mass is 9.99. The van der Waals surface area contributed by atoms with Crippen molar-refractivity contribution in [2.75, 3.05) is 0 Å². The smallest absolute Gasteiger partial charge is 0.195 e. The molecule has 0 fully saturated rings. The van der Waals surface area contributed by atoms with Crippen molar-refractivity contribution in [2.45, 2.75) is 39.7 Å². The second-order valence-corrected chi connectivity index (χ2v) is 7.03. The van der Waals surface area contributed by atoms with E-state index in [2.05, 4.69) is 80.2 Å². The van der Waals surface area contributed by atoms with E-state index in [9.17, 15) is 0 Å². The molecule has 0 spiro atoms.